The van der Waals surface area contributed by atoms with Crippen molar-refractivity contribution < 1.29 is 14.7 Å². The maximum atomic E-state index is 11.7. The molecular weight excluding hydrogens is 371 g/mol. The number of benzene rings is 1. The van der Waals surface area contributed by atoms with Crippen molar-refractivity contribution in [3.63, 3.8) is 0 Å². The highest BCUT2D eigenvalue weighted by molar-refractivity contribution is 7.18. The normalized spacial score (nSPS) is 12.3. The maximum absolute atomic E-state index is 11.7. The van der Waals surface area contributed by atoms with E-state index in [-0.39, 0.29) is 11.7 Å². The second-order valence-corrected chi connectivity index (χ2v) is 6.99. The van der Waals surface area contributed by atoms with E-state index in [1.165, 1.54) is 11.3 Å². The Kier molecular flexibility index (Phi) is 4.54. The highest BCUT2D eigenvalue weighted by atomic mass is 35.5. The van der Waals surface area contributed by atoms with Crippen LogP contribution in [0.25, 0.3) is 21.3 Å². The summed E-state index contributed by atoms with van der Waals surface area (Å²) in [7, 11) is 0. The van der Waals surface area contributed by atoms with E-state index in [1.54, 1.807) is 18.2 Å². The smallest absolute Gasteiger partial charge is 0.353 e. The van der Waals surface area contributed by atoms with Gasteiger partial charge in [-0.25, -0.2) is 4.79 Å². The molecule has 0 saturated carbocycles. The quantitative estimate of drug-likeness (QED) is 0.558. The van der Waals surface area contributed by atoms with Crippen LogP contribution >= 0.6 is 34.5 Å². The second-order valence-electron chi connectivity index (χ2n) is 5.24. The van der Waals surface area contributed by atoms with Crippen molar-refractivity contribution in [2.45, 2.75) is 13.0 Å². The Labute approximate surface area is 151 Å². The monoisotopic (exact) mass is 382 g/mol. The molecule has 8 heteroatoms. The molecule has 0 bridgehead atoms. The number of hydrogen-bond donors (Lipinski definition) is 3. The molecule has 0 spiro atoms. The number of H-pyrrole nitrogens is 1. The van der Waals surface area contributed by atoms with Gasteiger partial charge in [-0.1, -0.05) is 23.2 Å². The predicted molar refractivity (Wildman–Crippen MR) is 96.2 cm³/mol. The van der Waals surface area contributed by atoms with Crippen LogP contribution < -0.4 is 5.32 Å². The summed E-state index contributed by atoms with van der Waals surface area (Å²) in [5, 5.41) is 15.0. The van der Waals surface area contributed by atoms with Crippen LogP contribution in [0, 0.1) is 0 Å². The molecule has 1 unspecified atom stereocenters. The Balaban J connectivity index is 2.28. The molecular formula is C16H12Cl2N2O3S. The van der Waals surface area contributed by atoms with E-state index < -0.39 is 5.97 Å². The highest BCUT2D eigenvalue weighted by Gasteiger charge is 2.23. The Morgan fingerprint density at radius 3 is 2.58 bits per heavy atom. The zero-order valence-electron chi connectivity index (χ0n) is 12.4. The number of aromatic nitrogens is 1. The fourth-order valence-electron chi connectivity index (χ4n) is 2.63. The van der Waals surface area contributed by atoms with E-state index >= 15 is 0 Å². The number of rotatable bonds is 5. The molecule has 0 aliphatic rings. The molecule has 3 rings (SSSR count). The minimum atomic E-state index is -1.08. The lowest BCUT2D eigenvalue weighted by Crippen LogP contribution is -2.15. The summed E-state index contributed by atoms with van der Waals surface area (Å²) < 4.78 is 0.778. The minimum Gasteiger partial charge on any atom is -0.477 e. The van der Waals surface area contributed by atoms with Crippen molar-refractivity contribution in [2.24, 2.45) is 0 Å². The number of carbonyl (C=O) groups excluding carboxylic acids is 1. The first-order valence-corrected chi connectivity index (χ1v) is 8.58. The zero-order chi connectivity index (χ0) is 17.4. The molecule has 0 aliphatic carbocycles. The fraction of sp³-hybridized carbons (Fsp3) is 0.125. The fourth-order valence-corrected chi connectivity index (χ4v) is 4.35. The lowest BCUT2D eigenvalue weighted by atomic mass is 10.1. The largest absolute Gasteiger partial charge is 0.477 e. The van der Waals surface area contributed by atoms with Crippen molar-refractivity contribution in [3.05, 3.63) is 44.9 Å². The molecule has 0 saturated heterocycles. The molecule has 124 valence electrons. The molecule has 0 radical (unpaired) electrons. The SMILES string of the molecule is CC(NC=O)c1csc2c(-c3cc(Cl)cc(Cl)c3)c(C(=O)O)[nH]c12. The van der Waals surface area contributed by atoms with E-state index in [4.69, 9.17) is 23.2 Å². The van der Waals surface area contributed by atoms with Crippen LogP contribution in [0.5, 0.6) is 0 Å². The Hall–Kier alpha value is -2.02. The molecule has 1 aromatic carbocycles. The number of carboxylic acids is 1. The molecule has 2 heterocycles. The van der Waals surface area contributed by atoms with Gasteiger partial charge in [-0.15, -0.1) is 11.3 Å². The van der Waals surface area contributed by atoms with Gasteiger partial charge in [0.25, 0.3) is 0 Å². The first kappa shape index (κ1) is 16.8. The number of fused-ring (bicyclic) bond motifs is 1. The van der Waals surface area contributed by atoms with Gasteiger partial charge in [0.1, 0.15) is 5.69 Å². The van der Waals surface area contributed by atoms with Gasteiger partial charge in [-0.05, 0) is 36.1 Å². The molecule has 3 N–H and O–H groups in total. The molecule has 0 fully saturated rings. The maximum Gasteiger partial charge on any atom is 0.353 e. The highest BCUT2D eigenvalue weighted by Crippen LogP contribution is 2.41. The summed E-state index contributed by atoms with van der Waals surface area (Å²) in [5.74, 6) is -1.08. The van der Waals surface area contributed by atoms with Gasteiger partial charge in [-0.2, -0.15) is 0 Å². The summed E-state index contributed by atoms with van der Waals surface area (Å²) in [4.78, 5) is 25.3. The predicted octanol–water partition coefficient (Wildman–Crippen LogP) is 4.71. The van der Waals surface area contributed by atoms with Gasteiger partial charge >= 0.3 is 5.97 Å². The van der Waals surface area contributed by atoms with Gasteiger partial charge in [-0.3, -0.25) is 4.79 Å². The van der Waals surface area contributed by atoms with Crippen LogP contribution in [-0.2, 0) is 4.79 Å². The minimum absolute atomic E-state index is 0.0646. The molecule has 1 amide bonds. The number of carbonyl (C=O) groups is 2. The lowest BCUT2D eigenvalue weighted by molar-refractivity contribution is -0.110. The molecule has 2 aromatic heterocycles. The Morgan fingerprint density at radius 1 is 1.33 bits per heavy atom. The molecule has 3 aromatic rings. The third-order valence-electron chi connectivity index (χ3n) is 3.70. The summed E-state index contributed by atoms with van der Waals surface area (Å²) in [6.45, 7) is 1.83. The summed E-state index contributed by atoms with van der Waals surface area (Å²) in [6.07, 6.45) is 0.618. The average Bonchev–Trinajstić information content (AvgIpc) is 3.04. The van der Waals surface area contributed by atoms with Crippen LogP contribution in [0.2, 0.25) is 10.0 Å². The van der Waals surface area contributed by atoms with Crippen molar-refractivity contribution in [2.75, 3.05) is 0 Å². The van der Waals surface area contributed by atoms with Crippen LogP contribution in [0.4, 0.5) is 0 Å². The lowest BCUT2D eigenvalue weighted by Gasteiger charge is -2.07. The number of halogens is 2. The van der Waals surface area contributed by atoms with Crippen LogP contribution in [0.3, 0.4) is 0 Å². The second kappa shape index (κ2) is 6.47. The third kappa shape index (κ3) is 2.88. The Morgan fingerprint density at radius 2 is 2.00 bits per heavy atom. The van der Waals surface area contributed by atoms with Crippen molar-refractivity contribution in [3.8, 4) is 11.1 Å². The van der Waals surface area contributed by atoms with E-state index in [0.717, 1.165) is 10.3 Å². The average molecular weight is 383 g/mol. The van der Waals surface area contributed by atoms with Crippen LogP contribution in [0.15, 0.2) is 23.6 Å². The number of aromatic amines is 1. The van der Waals surface area contributed by atoms with E-state index in [9.17, 15) is 14.7 Å². The van der Waals surface area contributed by atoms with Gasteiger partial charge in [0.05, 0.1) is 16.3 Å². The van der Waals surface area contributed by atoms with Crippen molar-refractivity contribution in [1.82, 2.24) is 10.3 Å². The van der Waals surface area contributed by atoms with Crippen LogP contribution in [-0.4, -0.2) is 22.5 Å². The number of hydrogen-bond acceptors (Lipinski definition) is 3. The zero-order valence-corrected chi connectivity index (χ0v) is 14.7. The molecule has 0 aliphatic heterocycles. The first-order chi connectivity index (χ1) is 11.4. The molecule has 1 atom stereocenters. The Bertz CT molecular complexity index is 928. The number of amides is 1. The van der Waals surface area contributed by atoms with Gasteiger partial charge in [0, 0.05) is 21.2 Å². The van der Waals surface area contributed by atoms with Gasteiger partial charge < -0.3 is 15.4 Å². The summed E-state index contributed by atoms with van der Waals surface area (Å²) in [5.41, 5.74) is 2.74. The third-order valence-corrected chi connectivity index (χ3v) is 5.15. The summed E-state index contributed by atoms with van der Waals surface area (Å²) >= 11 is 13.5. The van der Waals surface area contributed by atoms with Crippen molar-refractivity contribution in [1.29, 1.82) is 0 Å². The standard InChI is InChI=1S/C16H12Cl2N2O3S/c1-7(19-6-21)11-5-24-15-12(14(16(22)23)20-13(11)15)8-2-9(17)4-10(18)3-8/h2-7,20H,1H3,(H,19,21)(H,22,23). The van der Waals surface area contributed by atoms with E-state index in [2.05, 4.69) is 10.3 Å². The number of thiophene rings is 1. The van der Waals surface area contributed by atoms with E-state index in [1.807, 2.05) is 12.3 Å². The number of carboxylic acid groups (broad SMARTS) is 1. The first-order valence-electron chi connectivity index (χ1n) is 6.95. The van der Waals surface area contributed by atoms with Gasteiger partial charge in [0.15, 0.2) is 0 Å². The summed E-state index contributed by atoms with van der Waals surface area (Å²) in [6, 6.07) is 4.70. The van der Waals surface area contributed by atoms with Gasteiger partial charge in [0.2, 0.25) is 6.41 Å². The molecule has 5 nitrogen and oxygen atoms in total. The topological polar surface area (TPSA) is 82.2 Å². The van der Waals surface area contributed by atoms with Crippen molar-refractivity contribution >= 4 is 57.1 Å². The number of aromatic carboxylic acids is 1. The van der Waals surface area contributed by atoms with Crippen LogP contribution in [0.1, 0.15) is 29.0 Å². The number of nitrogens with one attached hydrogen (secondary N) is 2. The van der Waals surface area contributed by atoms with E-state index in [0.29, 0.717) is 33.1 Å². The molecule has 24 heavy (non-hydrogen) atoms.